The molecule has 0 aromatic heterocycles. The number of amides is 2. The van der Waals surface area contributed by atoms with Crippen LogP contribution in [0.4, 0.5) is 10.5 Å². The molecule has 0 bridgehead atoms. The van der Waals surface area contributed by atoms with Crippen molar-refractivity contribution < 1.29 is 18.3 Å². The summed E-state index contributed by atoms with van der Waals surface area (Å²) in [5, 5.41) is 14.9. The number of sulfonamides is 1. The van der Waals surface area contributed by atoms with Crippen molar-refractivity contribution in [3.63, 3.8) is 0 Å². The highest BCUT2D eigenvalue weighted by atomic mass is 32.2. The van der Waals surface area contributed by atoms with Crippen molar-refractivity contribution in [2.75, 3.05) is 26.0 Å². The van der Waals surface area contributed by atoms with E-state index in [4.69, 9.17) is 0 Å². The predicted molar refractivity (Wildman–Crippen MR) is 85.3 cm³/mol. The van der Waals surface area contributed by atoms with Crippen LogP contribution < -0.4 is 10.6 Å². The Morgan fingerprint density at radius 3 is 2.27 bits per heavy atom. The van der Waals surface area contributed by atoms with Crippen LogP contribution in [-0.4, -0.2) is 50.1 Å². The first-order chi connectivity index (χ1) is 10.1. The maximum absolute atomic E-state index is 11.9. The Kier molecular flexibility index (Phi) is 5.92. The van der Waals surface area contributed by atoms with Gasteiger partial charge in [-0.05, 0) is 37.6 Å². The number of rotatable bonds is 6. The van der Waals surface area contributed by atoms with Crippen molar-refractivity contribution in [2.45, 2.75) is 30.8 Å². The van der Waals surface area contributed by atoms with Crippen molar-refractivity contribution in [1.29, 1.82) is 0 Å². The Morgan fingerprint density at radius 2 is 1.82 bits per heavy atom. The van der Waals surface area contributed by atoms with Crippen molar-refractivity contribution >= 4 is 21.7 Å². The summed E-state index contributed by atoms with van der Waals surface area (Å²) < 4.78 is 24.9. The molecule has 0 aliphatic rings. The maximum atomic E-state index is 11.9. The van der Waals surface area contributed by atoms with Gasteiger partial charge >= 0.3 is 6.03 Å². The minimum absolute atomic E-state index is 0.127. The summed E-state index contributed by atoms with van der Waals surface area (Å²) in [6.45, 7) is 3.58. The first-order valence-electron chi connectivity index (χ1n) is 6.88. The lowest BCUT2D eigenvalue weighted by Gasteiger charge is -2.21. The van der Waals surface area contributed by atoms with Gasteiger partial charge in [-0.3, -0.25) is 0 Å². The molecule has 22 heavy (non-hydrogen) atoms. The highest BCUT2D eigenvalue weighted by Crippen LogP contribution is 2.16. The standard InChI is InChI=1S/C14H23N3O4S/c1-5-14(2,19)10-15-13(18)16-11-6-8-12(9-7-11)22(20,21)17(3)4/h6-9,19H,5,10H2,1-4H3,(H2,15,16,18)/t14-/m1/s1. The van der Waals surface area contributed by atoms with Crippen molar-refractivity contribution in [2.24, 2.45) is 0 Å². The number of hydrogen-bond acceptors (Lipinski definition) is 4. The van der Waals surface area contributed by atoms with E-state index < -0.39 is 21.7 Å². The van der Waals surface area contributed by atoms with E-state index in [1.807, 2.05) is 6.92 Å². The molecule has 1 aromatic carbocycles. The monoisotopic (exact) mass is 329 g/mol. The number of aliphatic hydroxyl groups is 1. The zero-order valence-electron chi connectivity index (χ0n) is 13.3. The molecule has 7 nitrogen and oxygen atoms in total. The fourth-order valence-corrected chi connectivity index (χ4v) is 2.39. The van der Waals surface area contributed by atoms with Crippen LogP contribution in [0, 0.1) is 0 Å². The minimum Gasteiger partial charge on any atom is -0.388 e. The van der Waals surface area contributed by atoms with Gasteiger partial charge in [0.25, 0.3) is 0 Å². The van der Waals surface area contributed by atoms with Crippen LogP contribution in [0.1, 0.15) is 20.3 Å². The van der Waals surface area contributed by atoms with E-state index in [1.54, 1.807) is 6.92 Å². The third kappa shape index (κ3) is 4.97. The van der Waals surface area contributed by atoms with Crippen LogP contribution in [0.15, 0.2) is 29.2 Å². The summed E-state index contributed by atoms with van der Waals surface area (Å²) in [7, 11) is -0.577. The Labute approximate surface area is 131 Å². The highest BCUT2D eigenvalue weighted by molar-refractivity contribution is 7.89. The summed E-state index contributed by atoms with van der Waals surface area (Å²) in [5.74, 6) is 0. The number of carbonyl (C=O) groups excluding carboxylic acids is 1. The van der Waals surface area contributed by atoms with Crippen molar-refractivity contribution in [3.05, 3.63) is 24.3 Å². The predicted octanol–water partition coefficient (Wildman–Crippen LogP) is 1.22. The molecule has 0 saturated heterocycles. The zero-order valence-corrected chi connectivity index (χ0v) is 14.1. The summed E-state index contributed by atoms with van der Waals surface area (Å²) in [5.41, 5.74) is -0.493. The molecule has 0 unspecified atom stereocenters. The van der Waals surface area contributed by atoms with E-state index in [0.717, 1.165) is 4.31 Å². The largest absolute Gasteiger partial charge is 0.388 e. The molecular weight excluding hydrogens is 306 g/mol. The second-order valence-corrected chi connectivity index (χ2v) is 7.62. The van der Waals surface area contributed by atoms with Gasteiger partial charge in [0.05, 0.1) is 10.5 Å². The Morgan fingerprint density at radius 1 is 1.27 bits per heavy atom. The van der Waals surface area contributed by atoms with E-state index in [1.165, 1.54) is 38.4 Å². The summed E-state index contributed by atoms with van der Waals surface area (Å²) in [6, 6.07) is 5.40. The molecule has 0 heterocycles. The van der Waals surface area contributed by atoms with Gasteiger partial charge < -0.3 is 15.7 Å². The van der Waals surface area contributed by atoms with E-state index in [9.17, 15) is 18.3 Å². The Bertz CT molecular complexity index is 609. The number of anilines is 1. The molecular formula is C14H23N3O4S. The molecule has 3 N–H and O–H groups in total. The molecule has 1 rings (SSSR count). The van der Waals surface area contributed by atoms with E-state index in [-0.39, 0.29) is 11.4 Å². The molecule has 0 aliphatic heterocycles. The number of urea groups is 1. The molecule has 8 heteroatoms. The number of hydrogen-bond donors (Lipinski definition) is 3. The quantitative estimate of drug-likeness (QED) is 0.731. The molecule has 124 valence electrons. The van der Waals surface area contributed by atoms with E-state index in [2.05, 4.69) is 10.6 Å². The molecule has 0 aliphatic carbocycles. The van der Waals surface area contributed by atoms with Crippen molar-refractivity contribution in [1.82, 2.24) is 9.62 Å². The van der Waals surface area contributed by atoms with Gasteiger partial charge in [-0.15, -0.1) is 0 Å². The third-order valence-electron chi connectivity index (χ3n) is 3.28. The van der Waals surface area contributed by atoms with Crippen LogP contribution in [-0.2, 0) is 10.0 Å². The lowest BCUT2D eigenvalue weighted by atomic mass is 10.0. The first-order valence-corrected chi connectivity index (χ1v) is 8.32. The molecule has 0 radical (unpaired) electrons. The van der Waals surface area contributed by atoms with Crippen LogP contribution >= 0.6 is 0 Å². The summed E-state index contributed by atoms with van der Waals surface area (Å²) >= 11 is 0. The fourth-order valence-electron chi connectivity index (χ4n) is 1.49. The number of carbonyl (C=O) groups is 1. The minimum atomic E-state index is -3.48. The van der Waals surface area contributed by atoms with Crippen LogP contribution in [0.3, 0.4) is 0 Å². The molecule has 0 saturated carbocycles. The SMILES string of the molecule is CC[C@@](C)(O)CNC(=O)Nc1ccc(S(=O)(=O)N(C)C)cc1. The zero-order chi connectivity index (χ0) is 17.0. The number of nitrogens with one attached hydrogen (secondary N) is 2. The van der Waals surface area contributed by atoms with Gasteiger partial charge in [-0.1, -0.05) is 6.92 Å². The second kappa shape index (κ2) is 7.08. The van der Waals surface area contributed by atoms with Gasteiger partial charge in [0, 0.05) is 26.3 Å². The van der Waals surface area contributed by atoms with E-state index >= 15 is 0 Å². The molecule has 0 fully saturated rings. The topological polar surface area (TPSA) is 98.7 Å². The van der Waals surface area contributed by atoms with Gasteiger partial charge in [-0.2, -0.15) is 0 Å². The maximum Gasteiger partial charge on any atom is 0.319 e. The lowest BCUT2D eigenvalue weighted by Crippen LogP contribution is -2.41. The third-order valence-corrected chi connectivity index (χ3v) is 5.11. The normalized spacial score (nSPS) is 14.5. The van der Waals surface area contributed by atoms with Gasteiger partial charge in [0.15, 0.2) is 0 Å². The van der Waals surface area contributed by atoms with Crippen LogP contribution in [0.2, 0.25) is 0 Å². The fraction of sp³-hybridized carbons (Fsp3) is 0.500. The Balaban J connectivity index is 2.67. The molecule has 1 aromatic rings. The van der Waals surface area contributed by atoms with Crippen molar-refractivity contribution in [3.8, 4) is 0 Å². The molecule has 1 atom stereocenters. The van der Waals surface area contributed by atoms with E-state index in [0.29, 0.717) is 12.1 Å². The summed E-state index contributed by atoms with van der Waals surface area (Å²) in [4.78, 5) is 11.9. The summed E-state index contributed by atoms with van der Waals surface area (Å²) in [6.07, 6.45) is 0.518. The average molecular weight is 329 g/mol. The van der Waals surface area contributed by atoms with Gasteiger partial charge in [0.2, 0.25) is 10.0 Å². The number of benzene rings is 1. The molecule has 2 amide bonds. The average Bonchev–Trinajstić information content (AvgIpc) is 2.46. The van der Waals surface area contributed by atoms with Gasteiger partial charge in [-0.25, -0.2) is 17.5 Å². The molecule has 0 spiro atoms. The first kappa shape index (κ1) is 18.4. The van der Waals surface area contributed by atoms with Crippen LogP contribution in [0.25, 0.3) is 0 Å². The van der Waals surface area contributed by atoms with Crippen LogP contribution in [0.5, 0.6) is 0 Å². The smallest absolute Gasteiger partial charge is 0.319 e. The lowest BCUT2D eigenvalue weighted by molar-refractivity contribution is 0.0587. The van der Waals surface area contributed by atoms with Gasteiger partial charge in [0.1, 0.15) is 0 Å². The highest BCUT2D eigenvalue weighted by Gasteiger charge is 2.19. The Hall–Kier alpha value is -1.64. The second-order valence-electron chi connectivity index (χ2n) is 5.47. The number of nitrogens with zero attached hydrogens (tertiary/aromatic N) is 1.